The second-order valence-corrected chi connectivity index (χ2v) is 9.76. The van der Waals surface area contributed by atoms with Crippen LogP contribution in [0, 0.1) is 5.92 Å². The minimum Gasteiger partial charge on any atom is -0.336 e. The summed E-state index contributed by atoms with van der Waals surface area (Å²) in [4.78, 5) is 16.7. The molecule has 0 aromatic heterocycles. The number of carbonyl (C=O) groups excluding carboxylic acids is 1. The average molecular weight is 328 g/mol. The lowest BCUT2D eigenvalue weighted by Gasteiger charge is -2.38. The van der Waals surface area contributed by atoms with E-state index in [0.29, 0.717) is 13.0 Å². The van der Waals surface area contributed by atoms with Crippen LogP contribution < -0.4 is 0 Å². The highest BCUT2D eigenvalue weighted by Crippen LogP contribution is 2.39. The van der Waals surface area contributed by atoms with E-state index in [2.05, 4.69) is 4.90 Å². The fraction of sp³-hybridized carbons (Fsp3) is 0.938. The third kappa shape index (κ3) is 3.82. The largest absolute Gasteiger partial charge is 0.336 e. The summed E-state index contributed by atoms with van der Waals surface area (Å²) in [6, 6.07) is 0. The van der Waals surface area contributed by atoms with Gasteiger partial charge in [-0.25, -0.2) is 8.42 Å². The SMILES string of the molecule is CS(=O)(=O)CCN1C(=O)CC[C@@]12CCCN(CC1CC1)CC2. The Kier molecular flexibility index (Phi) is 4.52. The van der Waals surface area contributed by atoms with E-state index in [9.17, 15) is 13.2 Å². The number of amides is 1. The lowest BCUT2D eigenvalue weighted by molar-refractivity contribution is -0.131. The first-order valence-corrected chi connectivity index (χ1v) is 10.6. The molecule has 0 bridgehead atoms. The number of hydrogen-bond donors (Lipinski definition) is 0. The van der Waals surface area contributed by atoms with Crippen LogP contribution in [0.4, 0.5) is 0 Å². The first-order valence-electron chi connectivity index (χ1n) is 8.59. The maximum atomic E-state index is 12.3. The lowest BCUT2D eigenvalue weighted by atomic mass is 9.88. The van der Waals surface area contributed by atoms with Gasteiger partial charge in [-0.05, 0) is 51.0 Å². The Bertz CT molecular complexity index is 530. The number of likely N-dealkylation sites (tertiary alicyclic amines) is 2. The molecule has 5 nitrogen and oxygen atoms in total. The molecule has 1 saturated carbocycles. The van der Waals surface area contributed by atoms with Gasteiger partial charge in [-0.1, -0.05) is 0 Å². The summed E-state index contributed by atoms with van der Waals surface area (Å²) >= 11 is 0. The standard InChI is InChI=1S/C16H28N2O3S/c1-22(20,21)12-11-18-15(19)5-7-16(18)6-2-9-17(10-8-16)13-14-3-4-14/h14H,2-13H2,1H3/t16-/m1/s1. The second kappa shape index (κ2) is 6.11. The van der Waals surface area contributed by atoms with Gasteiger partial charge >= 0.3 is 0 Å². The Labute approximate surface area is 134 Å². The molecule has 2 aliphatic heterocycles. The van der Waals surface area contributed by atoms with Gasteiger partial charge in [0.15, 0.2) is 0 Å². The Morgan fingerprint density at radius 3 is 2.64 bits per heavy atom. The molecule has 0 N–H and O–H groups in total. The molecule has 1 atom stereocenters. The second-order valence-electron chi connectivity index (χ2n) is 7.50. The highest BCUT2D eigenvalue weighted by Gasteiger charge is 2.45. The van der Waals surface area contributed by atoms with E-state index in [1.165, 1.54) is 25.6 Å². The molecule has 0 unspecified atom stereocenters. The third-order valence-electron chi connectivity index (χ3n) is 5.59. The number of rotatable bonds is 5. The van der Waals surface area contributed by atoms with Crippen molar-refractivity contribution in [1.29, 1.82) is 0 Å². The molecule has 3 aliphatic rings. The minimum atomic E-state index is -3.02. The molecule has 0 radical (unpaired) electrons. The van der Waals surface area contributed by atoms with E-state index in [0.717, 1.165) is 44.7 Å². The van der Waals surface area contributed by atoms with Crippen LogP contribution in [0.1, 0.15) is 44.9 Å². The molecule has 3 fully saturated rings. The monoisotopic (exact) mass is 328 g/mol. The highest BCUT2D eigenvalue weighted by atomic mass is 32.2. The van der Waals surface area contributed by atoms with Crippen LogP contribution in [-0.2, 0) is 14.6 Å². The van der Waals surface area contributed by atoms with E-state index < -0.39 is 9.84 Å². The number of carbonyl (C=O) groups is 1. The van der Waals surface area contributed by atoms with E-state index >= 15 is 0 Å². The maximum Gasteiger partial charge on any atom is 0.223 e. The van der Waals surface area contributed by atoms with Crippen molar-refractivity contribution in [1.82, 2.24) is 9.80 Å². The van der Waals surface area contributed by atoms with Crippen LogP contribution >= 0.6 is 0 Å². The first-order chi connectivity index (χ1) is 10.4. The summed E-state index contributed by atoms with van der Waals surface area (Å²) in [5.41, 5.74) is -0.0694. The Balaban J connectivity index is 1.65. The van der Waals surface area contributed by atoms with Crippen LogP contribution in [0.15, 0.2) is 0 Å². The molecule has 1 aliphatic carbocycles. The molecule has 0 aromatic carbocycles. The zero-order valence-corrected chi connectivity index (χ0v) is 14.4. The van der Waals surface area contributed by atoms with E-state index in [1.807, 2.05) is 4.90 Å². The Hall–Kier alpha value is -0.620. The quantitative estimate of drug-likeness (QED) is 0.763. The Morgan fingerprint density at radius 1 is 1.18 bits per heavy atom. The van der Waals surface area contributed by atoms with Crippen LogP contribution in [0.3, 0.4) is 0 Å². The van der Waals surface area contributed by atoms with Gasteiger partial charge < -0.3 is 9.80 Å². The molecule has 3 rings (SSSR count). The molecular formula is C16H28N2O3S. The van der Waals surface area contributed by atoms with Crippen molar-refractivity contribution in [3.63, 3.8) is 0 Å². The fourth-order valence-corrected chi connectivity index (χ4v) is 4.61. The predicted octanol–water partition coefficient (Wildman–Crippen LogP) is 1.29. The highest BCUT2D eigenvalue weighted by molar-refractivity contribution is 7.90. The number of nitrogens with zero attached hydrogens (tertiary/aromatic N) is 2. The molecule has 1 spiro atoms. The van der Waals surface area contributed by atoms with E-state index in [-0.39, 0.29) is 17.2 Å². The van der Waals surface area contributed by atoms with Crippen molar-refractivity contribution in [2.45, 2.75) is 50.5 Å². The zero-order valence-electron chi connectivity index (χ0n) is 13.6. The molecule has 6 heteroatoms. The van der Waals surface area contributed by atoms with Crippen LogP contribution in [0.5, 0.6) is 0 Å². The van der Waals surface area contributed by atoms with Crippen molar-refractivity contribution in [2.75, 3.05) is 38.2 Å². The van der Waals surface area contributed by atoms with Gasteiger partial charge in [0, 0.05) is 37.8 Å². The van der Waals surface area contributed by atoms with Crippen LogP contribution in [-0.4, -0.2) is 67.9 Å². The lowest BCUT2D eigenvalue weighted by Crippen LogP contribution is -2.48. The van der Waals surface area contributed by atoms with Gasteiger partial charge in [-0.2, -0.15) is 0 Å². The molecule has 2 heterocycles. The molecule has 2 saturated heterocycles. The van der Waals surface area contributed by atoms with E-state index in [4.69, 9.17) is 0 Å². The smallest absolute Gasteiger partial charge is 0.223 e. The topological polar surface area (TPSA) is 57.7 Å². The minimum absolute atomic E-state index is 0.0694. The van der Waals surface area contributed by atoms with Gasteiger partial charge in [-0.15, -0.1) is 0 Å². The molecule has 1 amide bonds. The fourth-order valence-electron chi connectivity index (χ4n) is 4.10. The van der Waals surface area contributed by atoms with Gasteiger partial charge in [-0.3, -0.25) is 4.79 Å². The summed E-state index contributed by atoms with van der Waals surface area (Å²) in [7, 11) is -3.02. The molecule has 126 valence electrons. The number of sulfone groups is 1. The third-order valence-corrected chi connectivity index (χ3v) is 6.51. The normalized spacial score (nSPS) is 31.0. The summed E-state index contributed by atoms with van der Waals surface area (Å²) in [5.74, 6) is 1.15. The van der Waals surface area contributed by atoms with Gasteiger partial charge in [0.05, 0.1) is 5.75 Å². The van der Waals surface area contributed by atoms with Crippen LogP contribution in [0.25, 0.3) is 0 Å². The average Bonchev–Trinajstić information content (AvgIpc) is 3.21. The van der Waals surface area contributed by atoms with Gasteiger partial charge in [0.2, 0.25) is 5.91 Å². The summed E-state index contributed by atoms with van der Waals surface area (Å²) in [5, 5.41) is 0. The number of hydrogen-bond acceptors (Lipinski definition) is 4. The predicted molar refractivity (Wildman–Crippen MR) is 86.4 cm³/mol. The Morgan fingerprint density at radius 2 is 1.95 bits per heavy atom. The molecule has 0 aromatic rings. The van der Waals surface area contributed by atoms with Crippen LogP contribution in [0.2, 0.25) is 0 Å². The molecular weight excluding hydrogens is 300 g/mol. The first kappa shape index (κ1) is 16.2. The van der Waals surface area contributed by atoms with Gasteiger partial charge in [0.1, 0.15) is 9.84 Å². The maximum absolute atomic E-state index is 12.3. The van der Waals surface area contributed by atoms with E-state index in [1.54, 1.807) is 0 Å². The summed E-state index contributed by atoms with van der Waals surface area (Å²) in [6.07, 6.45) is 8.67. The van der Waals surface area contributed by atoms with Crippen molar-refractivity contribution < 1.29 is 13.2 Å². The van der Waals surface area contributed by atoms with Crippen molar-refractivity contribution in [3.8, 4) is 0 Å². The summed E-state index contributed by atoms with van der Waals surface area (Å²) < 4.78 is 22.9. The molecule has 22 heavy (non-hydrogen) atoms. The zero-order chi connectivity index (χ0) is 15.8. The van der Waals surface area contributed by atoms with Crippen molar-refractivity contribution in [3.05, 3.63) is 0 Å². The summed E-state index contributed by atoms with van der Waals surface area (Å²) in [6.45, 7) is 3.78. The van der Waals surface area contributed by atoms with Crippen molar-refractivity contribution in [2.24, 2.45) is 5.92 Å². The van der Waals surface area contributed by atoms with Gasteiger partial charge in [0.25, 0.3) is 0 Å². The van der Waals surface area contributed by atoms with Crippen molar-refractivity contribution >= 4 is 15.7 Å².